The molecule has 0 amide bonds. The number of rotatable bonds is 5. The summed E-state index contributed by atoms with van der Waals surface area (Å²) < 4.78 is 78.9. The highest BCUT2D eigenvalue weighted by Crippen LogP contribution is 2.38. The van der Waals surface area contributed by atoms with Gasteiger partial charge in [0.05, 0.1) is 23.4 Å². The third kappa shape index (κ3) is 4.46. The van der Waals surface area contributed by atoms with Crippen LogP contribution in [0.15, 0.2) is 158 Å². The van der Waals surface area contributed by atoms with Gasteiger partial charge < -0.3 is 4.57 Å². The molecular weight excluding hydrogens is 524 g/mol. The van der Waals surface area contributed by atoms with Crippen molar-refractivity contribution in [2.75, 3.05) is 0 Å². The molecule has 0 bridgehead atoms. The predicted molar refractivity (Wildman–Crippen MR) is 176 cm³/mol. The van der Waals surface area contributed by atoms with Crippen molar-refractivity contribution in [3.05, 3.63) is 158 Å². The average Bonchev–Trinajstić information content (AvgIpc) is 3.54. The van der Waals surface area contributed by atoms with Gasteiger partial charge in [0.15, 0.2) is 17.5 Å². The van der Waals surface area contributed by atoms with Gasteiger partial charge >= 0.3 is 0 Å². The van der Waals surface area contributed by atoms with Crippen LogP contribution in [0.2, 0.25) is 0 Å². The summed E-state index contributed by atoms with van der Waals surface area (Å²) >= 11 is 0. The zero-order valence-electron chi connectivity index (χ0n) is 31.6. The normalized spacial score (nSPS) is 14.2. The molecular formula is C39H26N4. The van der Waals surface area contributed by atoms with E-state index in [-0.39, 0.29) is 34.1 Å². The maximum atomic E-state index is 8.99. The Balaban J connectivity index is 1.39. The minimum atomic E-state index is -0.522. The van der Waals surface area contributed by atoms with E-state index in [2.05, 4.69) is 0 Å². The van der Waals surface area contributed by atoms with Crippen LogP contribution in [0.5, 0.6) is 0 Å². The molecule has 0 radical (unpaired) electrons. The maximum Gasteiger partial charge on any atom is 0.164 e. The SMILES string of the molecule is [2H]c1c([2H])c([2H])c(-c2cccc3c4c([2H])c([2H])c([2H])c([2H])c4n(-c4ccc(-c5nc(-c6ccccc6)nc(-c6ccccc6)n5)cc4)c23)c([2H])c1[2H]. The van der Waals surface area contributed by atoms with Crippen LogP contribution in [-0.4, -0.2) is 19.5 Å². The first-order chi connectivity index (χ1) is 25.1. The highest BCUT2D eigenvalue weighted by Gasteiger charge is 2.17. The summed E-state index contributed by atoms with van der Waals surface area (Å²) in [5.41, 5.74) is 3.60. The number of aromatic nitrogens is 4. The van der Waals surface area contributed by atoms with E-state index in [9.17, 15) is 0 Å². The van der Waals surface area contributed by atoms with Crippen LogP contribution < -0.4 is 0 Å². The molecule has 2 heterocycles. The van der Waals surface area contributed by atoms with E-state index in [1.54, 1.807) is 34.9 Å². The van der Waals surface area contributed by atoms with E-state index in [0.29, 0.717) is 39.6 Å². The van der Waals surface area contributed by atoms with E-state index in [4.69, 9.17) is 27.3 Å². The van der Waals surface area contributed by atoms with Gasteiger partial charge in [0, 0.05) is 38.7 Å². The van der Waals surface area contributed by atoms with Crippen molar-refractivity contribution >= 4 is 21.8 Å². The molecule has 0 N–H and O–H groups in total. The lowest BCUT2D eigenvalue weighted by Crippen LogP contribution is -2.00. The van der Waals surface area contributed by atoms with Crippen molar-refractivity contribution in [2.24, 2.45) is 0 Å². The van der Waals surface area contributed by atoms with Gasteiger partial charge in [-0.25, -0.2) is 15.0 Å². The van der Waals surface area contributed by atoms with Gasteiger partial charge in [-0.05, 0) is 35.9 Å². The number of fused-ring (bicyclic) bond motifs is 3. The standard InChI is InChI=1S/C39H26N4/c1-4-13-27(14-5-1)32-20-12-21-34-33-19-10-11-22-35(33)43(36(32)34)31-25-23-30(24-26-31)39-41-37(28-15-6-2-7-16-28)40-38(42-39)29-17-8-3-9-18-29/h1-26H/i1D,4D,5D,10D,11D,13D,14D,19D,22D. The lowest BCUT2D eigenvalue weighted by Gasteiger charge is -2.13. The molecule has 4 heteroatoms. The van der Waals surface area contributed by atoms with Gasteiger partial charge in [0.1, 0.15) is 0 Å². The Labute approximate surface area is 262 Å². The Hall–Kier alpha value is -5.87. The Morgan fingerprint density at radius 2 is 1.00 bits per heavy atom. The number of hydrogen-bond donors (Lipinski definition) is 0. The van der Waals surface area contributed by atoms with E-state index in [0.717, 1.165) is 11.1 Å². The molecule has 0 aliphatic heterocycles. The number of para-hydroxylation sites is 2. The third-order valence-electron chi connectivity index (χ3n) is 7.27. The fourth-order valence-corrected chi connectivity index (χ4v) is 5.31. The van der Waals surface area contributed by atoms with Crippen molar-refractivity contribution in [1.29, 1.82) is 0 Å². The first kappa shape index (κ1) is 17.2. The zero-order valence-corrected chi connectivity index (χ0v) is 22.6. The first-order valence-corrected chi connectivity index (χ1v) is 13.6. The summed E-state index contributed by atoms with van der Waals surface area (Å²) in [5, 5.41) is 0.685. The van der Waals surface area contributed by atoms with E-state index in [1.165, 1.54) is 0 Å². The van der Waals surface area contributed by atoms with Crippen LogP contribution in [0.1, 0.15) is 12.3 Å². The van der Waals surface area contributed by atoms with Crippen LogP contribution in [-0.2, 0) is 0 Å². The molecule has 4 nitrogen and oxygen atoms in total. The fourth-order valence-electron chi connectivity index (χ4n) is 5.31. The largest absolute Gasteiger partial charge is 0.309 e. The number of nitrogens with zero attached hydrogens (tertiary/aromatic N) is 4. The van der Waals surface area contributed by atoms with Gasteiger partial charge in [-0.2, -0.15) is 0 Å². The number of hydrogen-bond acceptors (Lipinski definition) is 3. The monoisotopic (exact) mass is 559 g/mol. The fraction of sp³-hybridized carbons (Fsp3) is 0. The quantitative estimate of drug-likeness (QED) is 0.211. The van der Waals surface area contributed by atoms with Crippen LogP contribution >= 0.6 is 0 Å². The molecule has 2 aromatic heterocycles. The molecule has 0 saturated carbocycles. The van der Waals surface area contributed by atoms with Gasteiger partial charge in [0.25, 0.3) is 0 Å². The molecule has 6 aromatic carbocycles. The van der Waals surface area contributed by atoms with Crippen molar-refractivity contribution in [1.82, 2.24) is 19.5 Å². The third-order valence-corrected chi connectivity index (χ3v) is 7.27. The van der Waals surface area contributed by atoms with Gasteiger partial charge in [0.2, 0.25) is 0 Å². The van der Waals surface area contributed by atoms with E-state index < -0.39 is 42.3 Å². The van der Waals surface area contributed by atoms with Gasteiger partial charge in [-0.1, -0.05) is 127 Å². The van der Waals surface area contributed by atoms with Crippen molar-refractivity contribution in [3.63, 3.8) is 0 Å². The predicted octanol–water partition coefficient (Wildman–Crippen LogP) is 9.64. The summed E-state index contributed by atoms with van der Waals surface area (Å²) in [7, 11) is 0. The molecule has 8 aromatic rings. The molecule has 0 saturated heterocycles. The second kappa shape index (κ2) is 10.5. The Kier molecular flexibility index (Phi) is 4.20. The molecule has 202 valence electrons. The summed E-state index contributed by atoms with van der Waals surface area (Å²) in [6, 6.07) is 27.7. The molecule has 0 atom stereocenters. The van der Waals surface area contributed by atoms with Crippen LogP contribution in [0.3, 0.4) is 0 Å². The van der Waals surface area contributed by atoms with Crippen LogP contribution in [0.4, 0.5) is 0 Å². The Morgan fingerprint density at radius 3 is 1.63 bits per heavy atom. The summed E-state index contributed by atoms with van der Waals surface area (Å²) in [5.74, 6) is 1.41. The highest BCUT2D eigenvalue weighted by atomic mass is 15.0. The minimum Gasteiger partial charge on any atom is -0.309 e. The summed E-state index contributed by atoms with van der Waals surface area (Å²) in [6.45, 7) is 0. The molecule has 0 fully saturated rings. The van der Waals surface area contributed by atoms with Gasteiger partial charge in [-0.3, -0.25) is 0 Å². The molecule has 0 aliphatic carbocycles. The highest BCUT2D eigenvalue weighted by molar-refractivity contribution is 6.13. The molecule has 43 heavy (non-hydrogen) atoms. The second-order valence-electron chi connectivity index (χ2n) is 9.85. The number of benzene rings is 6. The zero-order chi connectivity index (χ0) is 36.4. The lowest BCUT2D eigenvalue weighted by molar-refractivity contribution is 1.07. The summed E-state index contributed by atoms with van der Waals surface area (Å²) in [6.07, 6.45) is 0. The molecule has 0 spiro atoms. The van der Waals surface area contributed by atoms with E-state index >= 15 is 0 Å². The molecule has 0 unspecified atom stereocenters. The smallest absolute Gasteiger partial charge is 0.164 e. The lowest BCUT2D eigenvalue weighted by atomic mass is 10.0. The Bertz CT molecular complexity index is 2630. The molecule has 8 rings (SSSR count). The average molecular weight is 560 g/mol. The second-order valence-corrected chi connectivity index (χ2v) is 9.85. The first-order valence-electron chi connectivity index (χ1n) is 18.1. The van der Waals surface area contributed by atoms with Crippen molar-refractivity contribution in [2.45, 2.75) is 0 Å². The van der Waals surface area contributed by atoms with Crippen LogP contribution in [0, 0.1) is 0 Å². The van der Waals surface area contributed by atoms with Crippen molar-refractivity contribution in [3.8, 4) is 51.0 Å². The van der Waals surface area contributed by atoms with E-state index in [1.807, 2.05) is 72.8 Å². The maximum absolute atomic E-state index is 8.99. The molecule has 0 aliphatic rings. The Morgan fingerprint density at radius 1 is 0.442 bits per heavy atom. The topological polar surface area (TPSA) is 43.6 Å². The van der Waals surface area contributed by atoms with Crippen molar-refractivity contribution < 1.29 is 12.3 Å². The minimum absolute atomic E-state index is 0.0420. The van der Waals surface area contributed by atoms with Crippen LogP contribution in [0.25, 0.3) is 72.8 Å². The summed E-state index contributed by atoms with van der Waals surface area (Å²) in [4.78, 5) is 14.4. The van der Waals surface area contributed by atoms with Gasteiger partial charge in [-0.15, -0.1) is 0 Å².